The third kappa shape index (κ3) is 4.06. The summed E-state index contributed by atoms with van der Waals surface area (Å²) < 4.78 is 10.8. The lowest BCUT2D eigenvalue weighted by atomic mass is 9.79. The average Bonchev–Trinajstić information content (AvgIpc) is 3.41. The highest BCUT2D eigenvalue weighted by Gasteiger charge is 2.54. The van der Waals surface area contributed by atoms with Crippen LogP contribution < -0.4 is 0 Å². The Bertz CT molecular complexity index is 847. The van der Waals surface area contributed by atoms with E-state index in [0.717, 1.165) is 12.0 Å². The highest BCUT2D eigenvalue weighted by Crippen LogP contribution is 2.55. The molecule has 5 nitrogen and oxygen atoms in total. The summed E-state index contributed by atoms with van der Waals surface area (Å²) in [5.41, 5.74) is 4.75. The lowest BCUT2D eigenvalue weighted by molar-refractivity contribution is -0.145. The quantitative estimate of drug-likeness (QED) is 0.785. The third-order valence-corrected chi connectivity index (χ3v) is 5.18. The summed E-state index contributed by atoms with van der Waals surface area (Å²) in [6.45, 7) is 2.28. The first-order chi connectivity index (χ1) is 13.0. The van der Waals surface area contributed by atoms with E-state index >= 15 is 0 Å². The molecule has 1 saturated heterocycles. The zero-order chi connectivity index (χ0) is 19.0. The van der Waals surface area contributed by atoms with E-state index in [-0.39, 0.29) is 36.8 Å². The van der Waals surface area contributed by atoms with Gasteiger partial charge in [0.25, 0.3) is 0 Å². The van der Waals surface area contributed by atoms with Gasteiger partial charge in [0.2, 0.25) is 0 Å². The van der Waals surface area contributed by atoms with E-state index in [2.05, 4.69) is 49.4 Å². The van der Waals surface area contributed by atoms with E-state index in [4.69, 9.17) is 9.31 Å². The maximum atomic E-state index is 12.0. The standard InChI is InChI=1S/C21H22BNO4/c1-14-6-8-15(9-7-14)16-4-3-5-17(10-16)18-11-19(18)22-26-20(24)12-23(2)13-21(25)27-22/h3-10,18-19H,11-13H2,1-2H3/t18-,19+/m0/s1. The highest BCUT2D eigenvalue weighted by atomic mass is 16.6. The smallest absolute Gasteiger partial charge is 0.498 e. The van der Waals surface area contributed by atoms with Crippen molar-refractivity contribution in [1.29, 1.82) is 0 Å². The number of rotatable bonds is 3. The maximum Gasteiger partial charge on any atom is 0.602 e. The molecule has 0 aromatic heterocycles. The van der Waals surface area contributed by atoms with Gasteiger partial charge in [0.1, 0.15) is 0 Å². The van der Waals surface area contributed by atoms with Gasteiger partial charge in [-0.3, -0.25) is 14.5 Å². The van der Waals surface area contributed by atoms with Gasteiger partial charge in [-0.05, 0) is 43.0 Å². The summed E-state index contributed by atoms with van der Waals surface area (Å²) in [5.74, 6) is -0.448. The second kappa shape index (κ2) is 7.20. The number of carbonyl (C=O) groups is 2. The Morgan fingerprint density at radius 3 is 2.30 bits per heavy atom. The molecule has 0 amide bonds. The average molecular weight is 363 g/mol. The minimum atomic E-state index is -0.785. The molecule has 0 N–H and O–H groups in total. The molecule has 1 aliphatic carbocycles. The van der Waals surface area contributed by atoms with Gasteiger partial charge in [-0.2, -0.15) is 0 Å². The van der Waals surface area contributed by atoms with E-state index in [1.807, 2.05) is 6.07 Å². The molecule has 27 heavy (non-hydrogen) atoms. The number of aryl methyl sites for hydroxylation is 1. The van der Waals surface area contributed by atoms with Crippen LogP contribution in [-0.4, -0.2) is 44.1 Å². The molecule has 0 radical (unpaired) electrons. The van der Waals surface area contributed by atoms with Crippen molar-refractivity contribution >= 4 is 19.1 Å². The van der Waals surface area contributed by atoms with Crippen LogP contribution in [0.1, 0.15) is 23.5 Å². The van der Waals surface area contributed by atoms with Gasteiger partial charge in [-0.1, -0.05) is 54.1 Å². The lowest BCUT2D eigenvalue weighted by Crippen LogP contribution is -2.42. The van der Waals surface area contributed by atoms with Crippen LogP contribution in [0.25, 0.3) is 11.1 Å². The van der Waals surface area contributed by atoms with Gasteiger partial charge in [0.05, 0.1) is 13.1 Å². The summed E-state index contributed by atoms with van der Waals surface area (Å²) in [4.78, 5) is 25.5. The topological polar surface area (TPSA) is 55.8 Å². The first-order valence-electron chi connectivity index (χ1n) is 9.24. The molecule has 2 aliphatic rings. The second-order valence-electron chi connectivity index (χ2n) is 7.52. The van der Waals surface area contributed by atoms with Gasteiger partial charge in [0.15, 0.2) is 0 Å². The Kier molecular flexibility index (Phi) is 4.74. The summed E-state index contributed by atoms with van der Waals surface area (Å²) in [5, 5.41) is 0. The Morgan fingerprint density at radius 1 is 0.963 bits per heavy atom. The predicted molar refractivity (Wildman–Crippen MR) is 103 cm³/mol. The molecule has 6 heteroatoms. The van der Waals surface area contributed by atoms with Crippen molar-refractivity contribution in [1.82, 2.24) is 4.90 Å². The molecular weight excluding hydrogens is 341 g/mol. The first-order valence-corrected chi connectivity index (χ1v) is 9.24. The second-order valence-corrected chi connectivity index (χ2v) is 7.52. The largest absolute Gasteiger partial charge is 0.602 e. The van der Waals surface area contributed by atoms with E-state index in [0.29, 0.717) is 0 Å². The van der Waals surface area contributed by atoms with Gasteiger partial charge < -0.3 is 9.31 Å². The molecule has 0 unspecified atom stereocenters. The summed E-state index contributed by atoms with van der Waals surface area (Å²) in [7, 11) is 0.908. The van der Waals surface area contributed by atoms with Gasteiger partial charge in [-0.25, -0.2) is 0 Å². The normalized spacial score (nSPS) is 23.3. The predicted octanol–water partition coefficient (Wildman–Crippen LogP) is 3.04. The molecule has 4 rings (SSSR count). The molecule has 2 fully saturated rings. The van der Waals surface area contributed by atoms with Gasteiger partial charge >= 0.3 is 19.1 Å². The van der Waals surface area contributed by atoms with Crippen LogP contribution >= 0.6 is 0 Å². The first kappa shape index (κ1) is 17.8. The fourth-order valence-electron chi connectivity index (χ4n) is 3.62. The molecule has 1 saturated carbocycles. The Hall–Kier alpha value is -2.60. The maximum absolute atomic E-state index is 12.0. The fourth-order valence-corrected chi connectivity index (χ4v) is 3.62. The monoisotopic (exact) mass is 363 g/mol. The minimum Gasteiger partial charge on any atom is -0.498 e. The van der Waals surface area contributed by atoms with Crippen molar-refractivity contribution in [3.05, 3.63) is 59.7 Å². The molecule has 2 aromatic carbocycles. The van der Waals surface area contributed by atoms with E-state index in [1.54, 1.807) is 11.9 Å². The van der Waals surface area contributed by atoms with Crippen molar-refractivity contribution in [3.63, 3.8) is 0 Å². The molecule has 138 valence electrons. The van der Waals surface area contributed by atoms with Crippen LogP contribution in [0.3, 0.4) is 0 Å². The van der Waals surface area contributed by atoms with Crippen LogP contribution in [0, 0.1) is 6.92 Å². The molecule has 2 aromatic rings. The molecule has 0 bridgehead atoms. The number of likely N-dealkylation sites (N-methyl/N-ethyl adjacent to an activating group) is 1. The van der Waals surface area contributed by atoms with Crippen LogP contribution in [-0.2, 0) is 18.9 Å². The Labute approximate surface area is 159 Å². The zero-order valence-corrected chi connectivity index (χ0v) is 15.6. The molecule has 1 heterocycles. The number of nitrogens with zero attached hydrogens (tertiary/aromatic N) is 1. The molecular formula is C21H22BNO4. The lowest BCUT2D eigenvalue weighted by Gasteiger charge is -2.22. The fraction of sp³-hybridized carbons (Fsp3) is 0.333. The third-order valence-electron chi connectivity index (χ3n) is 5.18. The zero-order valence-electron chi connectivity index (χ0n) is 15.6. The highest BCUT2D eigenvalue weighted by molar-refractivity contribution is 6.52. The van der Waals surface area contributed by atoms with Crippen molar-refractivity contribution in [2.24, 2.45) is 0 Å². The van der Waals surface area contributed by atoms with Crippen LogP contribution in [0.15, 0.2) is 48.5 Å². The van der Waals surface area contributed by atoms with Crippen molar-refractivity contribution in [3.8, 4) is 11.1 Å². The van der Waals surface area contributed by atoms with Crippen LogP contribution in [0.2, 0.25) is 5.82 Å². The van der Waals surface area contributed by atoms with Crippen LogP contribution in [0.5, 0.6) is 0 Å². The number of carbonyl (C=O) groups excluding carboxylic acids is 2. The SMILES string of the molecule is Cc1ccc(-c2cccc([C@@H]3C[C@H]3B3OC(=O)CN(C)CC(=O)O3)c2)cc1. The summed E-state index contributed by atoms with van der Waals surface area (Å²) in [6, 6.07) is 16.8. The minimum absolute atomic E-state index is 0.0228. The van der Waals surface area contributed by atoms with E-state index < -0.39 is 7.12 Å². The Balaban J connectivity index is 1.49. The van der Waals surface area contributed by atoms with Crippen molar-refractivity contribution < 1.29 is 18.9 Å². The molecule has 0 spiro atoms. The number of hydrogen-bond donors (Lipinski definition) is 0. The Morgan fingerprint density at radius 2 is 1.63 bits per heavy atom. The number of hydrogen-bond acceptors (Lipinski definition) is 5. The van der Waals surface area contributed by atoms with E-state index in [1.165, 1.54) is 16.7 Å². The van der Waals surface area contributed by atoms with Crippen molar-refractivity contribution in [2.45, 2.75) is 25.1 Å². The van der Waals surface area contributed by atoms with Gasteiger partial charge in [0, 0.05) is 5.82 Å². The molecule has 2 atom stereocenters. The summed E-state index contributed by atoms with van der Waals surface area (Å²) >= 11 is 0. The van der Waals surface area contributed by atoms with E-state index in [9.17, 15) is 9.59 Å². The van der Waals surface area contributed by atoms with Crippen LogP contribution in [0.4, 0.5) is 0 Å². The number of benzene rings is 2. The van der Waals surface area contributed by atoms with Gasteiger partial charge in [-0.15, -0.1) is 0 Å². The summed E-state index contributed by atoms with van der Waals surface area (Å²) in [6.07, 6.45) is 0.846. The molecule has 1 aliphatic heterocycles. The van der Waals surface area contributed by atoms with Crippen molar-refractivity contribution in [2.75, 3.05) is 20.1 Å².